The van der Waals surface area contributed by atoms with Gasteiger partial charge in [0.15, 0.2) is 0 Å². The van der Waals surface area contributed by atoms with Crippen LogP contribution in [-0.2, 0) is 24.0 Å². The van der Waals surface area contributed by atoms with Crippen molar-refractivity contribution in [2.45, 2.75) is 43.8 Å². The summed E-state index contributed by atoms with van der Waals surface area (Å²) < 4.78 is 0. The van der Waals surface area contributed by atoms with E-state index in [9.17, 15) is 29.1 Å². The molecule has 3 atom stereocenters. The van der Waals surface area contributed by atoms with Gasteiger partial charge in [-0.25, -0.2) is 4.79 Å². The lowest BCUT2D eigenvalue weighted by atomic mass is 10.1. The normalized spacial score (nSPS) is 23.8. The highest BCUT2D eigenvalue weighted by Crippen LogP contribution is 2.23. The molecule has 2 aliphatic rings. The van der Waals surface area contributed by atoms with E-state index in [2.05, 4.69) is 10.6 Å². The molecular weight excluding hydrogens is 354 g/mol. The van der Waals surface area contributed by atoms with Crippen LogP contribution in [0.1, 0.15) is 25.7 Å². The highest BCUT2D eigenvalue weighted by molar-refractivity contribution is 7.99. The van der Waals surface area contributed by atoms with Gasteiger partial charge in [0.05, 0.1) is 5.88 Å². The van der Waals surface area contributed by atoms with E-state index in [1.165, 1.54) is 11.8 Å². The second-order valence-electron chi connectivity index (χ2n) is 5.81. The van der Waals surface area contributed by atoms with Crippen LogP contribution in [0.15, 0.2) is 0 Å². The molecule has 10 nitrogen and oxygen atoms in total. The van der Waals surface area contributed by atoms with Gasteiger partial charge in [0.2, 0.25) is 17.7 Å². The molecule has 0 bridgehead atoms. The van der Waals surface area contributed by atoms with E-state index in [1.807, 2.05) is 0 Å². The third-order valence-electron chi connectivity index (χ3n) is 4.02. The zero-order chi connectivity index (χ0) is 18.6. The lowest BCUT2D eigenvalue weighted by molar-refractivity contribution is -0.149. The van der Waals surface area contributed by atoms with E-state index in [0.29, 0.717) is 6.42 Å². The number of carbonyl (C=O) groups excluding carboxylic acids is 3. The average Bonchev–Trinajstić information content (AvgIpc) is 3.19. The molecule has 2 saturated heterocycles. The van der Waals surface area contributed by atoms with Crippen molar-refractivity contribution in [3.05, 3.63) is 0 Å². The Hall–Kier alpha value is -2.30. The Kier molecular flexibility index (Phi) is 6.23. The first-order chi connectivity index (χ1) is 11.8. The fraction of sp³-hybridized carbons (Fsp3) is 0.643. The number of carboxylic acids is 2. The van der Waals surface area contributed by atoms with Crippen LogP contribution in [0.4, 0.5) is 0 Å². The molecule has 3 amide bonds. The van der Waals surface area contributed by atoms with Gasteiger partial charge in [-0.3, -0.25) is 19.2 Å². The molecule has 0 aromatic carbocycles. The van der Waals surface area contributed by atoms with Crippen LogP contribution >= 0.6 is 11.8 Å². The molecule has 0 saturated carbocycles. The number of thioether (sulfide) groups is 1. The first-order valence-corrected chi connectivity index (χ1v) is 8.87. The van der Waals surface area contributed by atoms with Crippen molar-refractivity contribution in [2.75, 3.05) is 11.6 Å². The highest BCUT2D eigenvalue weighted by atomic mass is 32.2. The minimum absolute atomic E-state index is 0.159. The van der Waals surface area contributed by atoms with Gasteiger partial charge in [0.25, 0.3) is 0 Å². The summed E-state index contributed by atoms with van der Waals surface area (Å²) in [6, 6.07) is -2.93. The van der Waals surface area contributed by atoms with Gasteiger partial charge >= 0.3 is 11.9 Å². The molecule has 2 aliphatic heterocycles. The predicted molar refractivity (Wildman–Crippen MR) is 85.6 cm³/mol. The summed E-state index contributed by atoms with van der Waals surface area (Å²) in [6.45, 7) is 0. The predicted octanol–water partition coefficient (Wildman–Crippen LogP) is -1.40. The SMILES string of the molecule is O=C(O)CC[C@H](NC(=O)[C@@H]1CCC(=O)N1)C(=O)N1CSC[C@H]1C(=O)O. The van der Waals surface area contributed by atoms with Crippen molar-refractivity contribution >= 4 is 41.4 Å². The number of nitrogens with one attached hydrogen (secondary N) is 2. The fourth-order valence-electron chi connectivity index (χ4n) is 2.67. The summed E-state index contributed by atoms with van der Waals surface area (Å²) in [4.78, 5) is 59.2. The maximum absolute atomic E-state index is 12.6. The summed E-state index contributed by atoms with van der Waals surface area (Å²) in [7, 11) is 0. The Bertz CT molecular complexity index is 597. The summed E-state index contributed by atoms with van der Waals surface area (Å²) >= 11 is 1.27. The molecule has 0 aromatic heterocycles. The molecule has 4 N–H and O–H groups in total. The zero-order valence-electron chi connectivity index (χ0n) is 13.3. The summed E-state index contributed by atoms with van der Waals surface area (Å²) in [5.41, 5.74) is 0. The van der Waals surface area contributed by atoms with E-state index in [1.54, 1.807) is 0 Å². The molecule has 11 heteroatoms. The minimum Gasteiger partial charge on any atom is -0.481 e. The number of hydrogen-bond acceptors (Lipinski definition) is 6. The first kappa shape index (κ1) is 19.0. The fourth-order valence-corrected chi connectivity index (χ4v) is 3.83. The third kappa shape index (κ3) is 4.84. The number of hydrogen-bond donors (Lipinski definition) is 4. The highest BCUT2D eigenvalue weighted by Gasteiger charge is 2.39. The van der Waals surface area contributed by atoms with Crippen LogP contribution < -0.4 is 10.6 Å². The average molecular weight is 373 g/mol. The van der Waals surface area contributed by atoms with Crippen LogP contribution in [-0.4, -0.2) is 74.5 Å². The van der Waals surface area contributed by atoms with E-state index < -0.39 is 41.9 Å². The Morgan fingerprint density at radius 3 is 2.60 bits per heavy atom. The van der Waals surface area contributed by atoms with Gasteiger partial charge in [0.1, 0.15) is 18.1 Å². The first-order valence-electron chi connectivity index (χ1n) is 7.72. The molecular formula is C14H19N3O7S. The van der Waals surface area contributed by atoms with Gasteiger partial charge in [-0.2, -0.15) is 0 Å². The summed E-state index contributed by atoms with van der Waals surface area (Å²) in [5, 5.41) is 22.9. The molecule has 0 aliphatic carbocycles. The topological polar surface area (TPSA) is 153 Å². The van der Waals surface area contributed by atoms with Crippen LogP contribution in [0, 0.1) is 0 Å². The van der Waals surface area contributed by atoms with Crippen molar-refractivity contribution in [3.8, 4) is 0 Å². The number of carboxylic acid groups (broad SMARTS) is 2. The van der Waals surface area contributed by atoms with E-state index in [-0.39, 0.29) is 36.8 Å². The monoisotopic (exact) mass is 373 g/mol. The van der Waals surface area contributed by atoms with Crippen LogP contribution in [0.5, 0.6) is 0 Å². The van der Waals surface area contributed by atoms with E-state index in [4.69, 9.17) is 5.11 Å². The summed E-state index contributed by atoms with van der Waals surface area (Å²) in [6.07, 6.45) is -0.0159. The van der Waals surface area contributed by atoms with Crippen LogP contribution in [0.2, 0.25) is 0 Å². The van der Waals surface area contributed by atoms with Crippen molar-refractivity contribution < 1.29 is 34.2 Å². The molecule has 2 fully saturated rings. The number of amides is 3. The van der Waals surface area contributed by atoms with Gasteiger partial charge in [-0.15, -0.1) is 11.8 Å². The van der Waals surface area contributed by atoms with Crippen LogP contribution in [0.25, 0.3) is 0 Å². The van der Waals surface area contributed by atoms with Crippen molar-refractivity contribution in [1.82, 2.24) is 15.5 Å². The number of carbonyl (C=O) groups is 5. The maximum atomic E-state index is 12.6. The number of rotatable bonds is 7. The van der Waals surface area contributed by atoms with Crippen LogP contribution in [0.3, 0.4) is 0 Å². The molecule has 0 radical (unpaired) electrons. The molecule has 138 valence electrons. The van der Waals surface area contributed by atoms with Gasteiger partial charge in [-0.05, 0) is 12.8 Å². The number of aliphatic carboxylic acids is 2. The summed E-state index contributed by atoms with van der Waals surface area (Å²) in [5.74, 6) is -3.36. The molecule has 2 heterocycles. The van der Waals surface area contributed by atoms with Gasteiger partial charge in [-0.1, -0.05) is 0 Å². The Balaban J connectivity index is 2.07. The van der Waals surface area contributed by atoms with Crippen molar-refractivity contribution in [1.29, 1.82) is 0 Å². The van der Waals surface area contributed by atoms with Crippen molar-refractivity contribution in [3.63, 3.8) is 0 Å². The number of nitrogens with zero attached hydrogens (tertiary/aromatic N) is 1. The maximum Gasteiger partial charge on any atom is 0.327 e. The molecule has 0 spiro atoms. The quantitative estimate of drug-likeness (QED) is 0.425. The zero-order valence-corrected chi connectivity index (χ0v) is 14.1. The van der Waals surface area contributed by atoms with E-state index in [0.717, 1.165) is 4.90 Å². The van der Waals surface area contributed by atoms with Gasteiger partial charge in [0, 0.05) is 18.6 Å². The molecule has 0 aromatic rings. The Morgan fingerprint density at radius 2 is 2.04 bits per heavy atom. The molecule has 25 heavy (non-hydrogen) atoms. The minimum atomic E-state index is -1.15. The lowest BCUT2D eigenvalue weighted by Crippen LogP contribution is -2.55. The largest absolute Gasteiger partial charge is 0.481 e. The standard InChI is InChI=1S/C14H19N3O7S/c18-10-3-1-7(15-10)12(21)16-8(2-4-11(19)20)13(22)17-6-25-5-9(17)14(23)24/h7-9H,1-6H2,(H,15,18)(H,16,21)(H,19,20)(H,23,24)/t7-,8-,9-/m0/s1. The molecule has 0 unspecified atom stereocenters. The smallest absolute Gasteiger partial charge is 0.327 e. The second-order valence-corrected chi connectivity index (χ2v) is 6.81. The Morgan fingerprint density at radius 1 is 1.32 bits per heavy atom. The second kappa shape index (κ2) is 8.19. The molecule has 2 rings (SSSR count). The lowest BCUT2D eigenvalue weighted by Gasteiger charge is -2.27. The van der Waals surface area contributed by atoms with Crippen molar-refractivity contribution in [2.24, 2.45) is 0 Å². The third-order valence-corrected chi connectivity index (χ3v) is 5.04. The van der Waals surface area contributed by atoms with Gasteiger partial charge < -0.3 is 25.7 Å². The van der Waals surface area contributed by atoms with E-state index >= 15 is 0 Å². The Labute approximate surface area is 147 Å².